The van der Waals surface area contributed by atoms with E-state index in [1.54, 1.807) is 6.20 Å². The number of nitrogens with one attached hydrogen (secondary N) is 1. The van der Waals surface area contributed by atoms with Crippen molar-refractivity contribution in [3.8, 4) is 0 Å². The van der Waals surface area contributed by atoms with Crippen molar-refractivity contribution < 1.29 is 0 Å². The molecule has 0 aliphatic carbocycles. The lowest BCUT2D eigenvalue weighted by Crippen LogP contribution is -2.02. The first-order chi connectivity index (χ1) is 9.25. The molecular weight excluding hydrogens is 238 g/mol. The van der Waals surface area contributed by atoms with Crippen LogP contribution < -0.4 is 11.1 Å². The molecule has 2 heterocycles. The third-order valence-corrected chi connectivity index (χ3v) is 3.06. The molecule has 0 saturated heterocycles. The second-order valence-corrected chi connectivity index (χ2v) is 4.26. The van der Waals surface area contributed by atoms with Crippen molar-refractivity contribution in [1.82, 2.24) is 15.0 Å². The van der Waals surface area contributed by atoms with Crippen LogP contribution in [0.15, 0.2) is 43.0 Å². The van der Waals surface area contributed by atoms with E-state index in [9.17, 15) is 0 Å². The summed E-state index contributed by atoms with van der Waals surface area (Å²) in [5, 5.41) is 5.46. The molecule has 5 heteroatoms. The summed E-state index contributed by atoms with van der Waals surface area (Å²) in [6, 6.07) is 7.97. The fourth-order valence-electron chi connectivity index (χ4n) is 1.95. The molecule has 2 aromatic heterocycles. The van der Waals surface area contributed by atoms with Gasteiger partial charge in [-0.25, -0.2) is 9.97 Å². The van der Waals surface area contributed by atoms with Gasteiger partial charge in [-0.15, -0.1) is 0 Å². The first kappa shape index (κ1) is 11.4. The minimum absolute atomic E-state index is 0.486. The van der Waals surface area contributed by atoms with E-state index in [4.69, 9.17) is 5.73 Å². The highest BCUT2D eigenvalue weighted by atomic mass is 15.0. The Hall–Kier alpha value is -2.69. The topological polar surface area (TPSA) is 76.7 Å². The molecule has 0 aliphatic rings. The third-order valence-electron chi connectivity index (χ3n) is 3.06. The monoisotopic (exact) mass is 251 g/mol. The van der Waals surface area contributed by atoms with Gasteiger partial charge < -0.3 is 11.1 Å². The minimum atomic E-state index is 0.486. The summed E-state index contributed by atoms with van der Waals surface area (Å²) >= 11 is 0. The Morgan fingerprint density at radius 1 is 1.16 bits per heavy atom. The van der Waals surface area contributed by atoms with E-state index in [1.807, 2.05) is 37.4 Å². The molecule has 0 amide bonds. The quantitative estimate of drug-likeness (QED) is 0.732. The van der Waals surface area contributed by atoms with E-state index in [0.29, 0.717) is 5.82 Å². The first-order valence-corrected chi connectivity index (χ1v) is 5.92. The number of nitrogens with two attached hydrogens (primary N) is 1. The lowest BCUT2D eigenvalue weighted by molar-refractivity contribution is 1.14. The maximum atomic E-state index is 5.79. The summed E-state index contributed by atoms with van der Waals surface area (Å²) in [6.07, 6.45) is 5.06. The van der Waals surface area contributed by atoms with Gasteiger partial charge in [-0.1, -0.05) is 12.1 Å². The zero-order valence-electron chi connectivity index (χ0n) is 10.5. The molecule has 19 heavy (non-hydrogen) atoms. The summed E-state index contributed by atoms with van der Waals surface area (Å²) in [5.74, 6) is 1.20. The van der Waals surface area contributed by atoms with Crippen LogP contribution in [0.1, 0.15) is 5.56 Å². The minimum Gasteiger partial charge on any atom is -0.383 e. The normalized spacial score (nSPS) is 10.6. The molecule has 94 valence electrons. The summed E-state index contributed by atoms with van der Waals surface area (Å²) in [6.45, 7) is 1.89. The predicted octanol–water partition coefficient (Wildman–Crippen LogP) is 2.66. The van der Waals surface area contributed by atoms with E-state index in [2.05, 4.69) is 20.3 Å². The molecule has 0 atom stereocenters. The van der Waals surface area contributed by atoms with Crippen molar-refractivity contribution in [2.75, 3.05) is 11.1 Å². The Morgan fingerprint density at radius 3 is 2.95 bits per heavy atom. The van der Waals surface area contributed by atoms with Crippen molar-refractivity contribution in [3.63, 3.8) is 0 Å². The number of nitrogens with zero attached hydrogens (tertiary/aromatic N) is 3. The second kappa shape index (κ2) is 4.53. The van der Waals surface area contributed by atoms with Crippen molar-refractivity contribution in [1.29, 1.82) is 0 Å². The number of pyridine rings is 1. The van der Waals surface area contributed by atoms with Gasteiger partial charge in [-0.3, -0.25) is 4.98 Å². The molecule has 0 aliphatic heterocycles. The molecule has 0 spiro atoms. The van der Waals surface area contributed by atoms with Crippen LogP contribution in [0.25, 0.3) is 10.8 Å². The number of hydrogen-bond donors (Lipinski definition) is 2. The van der Waals surface area contributed by atoms with E-state index >= 15 is 0 Å². The van der Waals surface area contributed by atoms with Crippen LogP contribution in [0.4, 0.5) is 17.3 Å². The van der Waals surface area contributed by atoms with Crippen molar-refractivity contribution in [3.05, 3.63) is 48.5 Å². The second-order valence-electron chi connectivity index (χ2n) is 4.26. The fourth-order valence-corrected chi connectivity index (χ4v) is 1.95. The van der Waals surface area contributed by atoms with Gasteiger partial charge in [0.1, 0.15) is 18.0 Å². The largest absolute Gasteiger partial charge is 0.383 e. The Bertz CT molecular complexity index is 733. The van der Waals surface area contributed by atoms with Gasteiger partial charge in [0.15, 0.2) is 0 Å². The molecule has 3 rings (SSSR count). The van der Waals surface area contributed by atoms with Crippen molar-refractivity contribution in [2.24, 2.45) is 0 Å². The van der Waals surface area contributed by atoms with Crippen LogP contribution in [-0.2, 0) is 0 Å². The van der Waals surface area contributed by atoms with Gasteiger partial charge in [0.2, 0.25) is 0 Å². The van der Waals surface area contributed by atoms with Gasteiger partial charge >= 0.3 is 0 Å². The van der Waals surface area contributed by atoms with E-state index in [-0.39, 0.29) is 0 Å². The van der Waals surface area contributed by atoms with E-state index < -0.39 is 0 Å². The molecule has 0 radical (unpaired) electrons. The third kappa shape index (κ3) is 2.06. The van der Waals surface area contributed by atoms with Crippen LogP contribution in [-0.4, -0.2) is 15.0 Å². The fraction of sp³-hybridized carbons (Fsp3) is 0.0714. The lowest BCUT2D eigenvalue weighted by atomic mass is 10.1. The summed E-state index contributed by atoms with van der Waals surface area (Å²) in [5.41, 5.74) is 7.60. The Kier molecular flexibility index (Phi) is 2.72. The highest BCUT2D eigenvalue weighted by Crippen LogP contribution is 2.26. The van der Waals surface area contributed by atoms with Gasteiger partial charge in [0.25, 0.3) is 0 Å². The number of aromatic nitrogens is 3. The number of nitrogen functional groups attached to an aromatic ring is 1. The van der Waals surface area contributed by atoms with Gasteiger partial charge in [0, 0.05) is 34.4 Å². The highest BCUT2D eigenvalue weighted by molar-refractivity contribution is 5.94. The van der Waals surface area contributed by atoms with Crippen LogP contribution >= 0.6 is 0 Å². The molecule has 0 saturated carbocycles. The van der Waals surface area contributed by atoms with Crippen molar-refractivity contribution in [2.45, 2.75) is 6.92 Å². The average molecular weight is 251 g/mol. The number of hydrogen-bond acceptors (Lipinski definition) is 5. The molecule has 0 unspecified atom stereocenters. The molecule has 5 nitrogen and oxygen atoms in total. The van der Waals surface area contributed by atoms with Crippen LogP contribution in [0, 0.1) is 6.92 Å². The SMILES string of the molecule is Cc1c(N)ncnc1Nc1cccc2cnccc12. The van der Waals surface area contributed by atoms with Crippen molar-refractivity contribution >= 4 is 28.1 Å². The zero-order valence-corrected chi connectivity index (χ0v) is 10.5. The molecule has 3 N–H and O–H groups in total. The van der Waals surface area contributed by atoms with E-state index in [0.717, 1.165) is 27.8 Å². The molecule has 0 bridgehead atoms. The highest BCUT2D eigenvalue weighted by Gasteiger charge is 2.06. The van der Waals surface area contributed by atoms with Crippen LogP contribution in [0.5, 0.6) is 0 Å². The lowest BCUT2D eigenvalue weighted by Gasteiger charge is -2.11. The molecular formula is C14H13N5. The number of anilines is 3. The predicted molar refractivity (Wildman–Crippen MR) is 76.2 cm³/mol. The van der Waals surface area contributed by atoms with Gasteiger partial charge in [-0.2, -0.15) is 0 Å². The van der Waals surface area contributed by atoms with Gasteiger partial charge in [0.05, 0.1) is 0 Å². The standard InChI is InChI=1S/C14H13N5/c1-9-13(15)17-8-18-14(9)19-12-4-2-3-10-7-16-6-5-11(10)12/h2-8H,1H3,(H3,15,17,18,19). The number of benzene rings is 1. The number of fused-ring (bicyclic) bond motifs is 1. The Morgan fingerprint density at radius 2 is 2.05 bits per heavy atom. The first-order valence-electron chi connectivity index (χ1n) is 5.92. The summed E-state index contributed by atoms with van der Waals surface area (Å²) < 4.78 is 0. The maximum absolute atomic E-state index is 5.79. The van der Waals surface area contributed by atoms with E-state index in [1.165, 1.54) is 6.33 Å². The average Bonchev–Trinajstić information content (AvgIpc) is 2.44. The molecule has 0 fully saturated rings. The zero-order chi connectivity index (χ0) is 13.2. The molecule has 1 aromatic carbocycles. The maximum Gasteiger partial charge on any atom is 0.138 e. The summed E-state index contributed by atoms with van der Waals surface area (Å²) in [7, 11) is 0. The van der Waals surface area contributed by atoms with Gasteiger partial charge in [-0.05, 0) is 19.1 Å². The number of rotatable bonds is 2. The van der Waals surface area contributed by atoms with Crippen LogP contribution in [0.3, 0.4) is 0 Å². The molecule has 3 aromatic rings. The Labute approximate surface area is 110 Å². The Balaban J connectivity index is 2.09. The summed E-state index contributed by atoms with van der Waals surface area (Å²) in [4.78, 5) is 12.3. The van der Waals surface area contributed by atoms with Crippen LogP contribution in [0.2, 0.25) is 0 Å². The smallest absolute Gasteiger partial charge is 0.138 e.